The quantitative estimate of drug-likeness (QED) is 0.0790. The SMILES string of the molecule is C=CNNCCCCCCc1cccc(-c2ccc3c(c2)c(CC(C)(C)C)c(-c2cc(N4CCN(C5CC5)CC4)cnc2C(C)N)n3CC(F)(F)F)c1. The van der Waals surface area contributed by atoms with E-state index in [1.54, 1.807) is 6.20 Å². The number of pyridine rings is 1. The fourth-order valence-electron chi connectivity index (χ4n) is 7.89. The topological polar surface area (TPSA) is 74.4 Å². The average Bonchev–Trinajstić information content (AvgIpc) is 3.93. The highest BCUT2D eigenvalue weighted by atomic mass is 19.4. The zero-order valence-corrected chi connectivity index (χ0v) is 32.0. The molecule has 53 heavy (non-hydrogen) atoms. The molecule has 1 saturated heterocycles. The number of rotatable bonds is 16. The van der Waals surface area contributed by atoms with Gasteiger partial charge in [-0.15, -0.1) is 0 Å². The number of hydrogen-bond acceptors (Lipinski definition) is 6. The van der Waals surface area contributed by atoms with E-state index >= 15 is 0 Å². The number of aromatic nitrogens is 2. The second-order valence-electron chi connectivity index (χ2n) is 16.3. The van der Waals surface area contributed by atoms with Crippen molar-refractivity contribution in [3.63, 3.8) is 0 Å². The lowest BCUT2D eigenvalue weighted by Gasteiger charge is -2.36. The van der Waals surface area contributed by atoms with E-state index in [4.69, 9.17) is 10.7 Å². The normalized spacial score (nSPS) is 16.3. The maximum Gasteiger partial charge on any atom is 0.406 e. The van der Waals surface area contributed by atoms with Crippen LogP contribution in [0.15, 0.2) is 67.5 Å². The minimum absolute atomic E-state index is 0.196. The molecule has 1 aliphatic carbocycles. The first-order valence-corrected chi connectivity index (χ1v) is 19.5. The van der Waals surface area contributed by atoms with Crippen molar-refractivity contribution >= 4 is 16.6 Å². The van der Waals surface area contributed by atoms with Crippen LogP contribution in [0.25, 0.3) is 33.3 Å². The average molecular weight is 730 g/mol. The minimum Gasteiger partial charge on any atom is -0.368 e. The number of benzene rings is 2. The predicted octanol–water partition coefficient (Wildman–Crippen LogP) is 9.17. The molecule has 3 heterocycles. The number of anilines is 1. The van der Waals surface area contributed by atoms with Gasteiger partial charge in [0.2, 0.25) is 0 Å². The number of nitrogens with two attached hydrogens (primary N) is 1. The van der Waals surface area contributed by atoms with E-state index < -0.39 is 18.8 Å². The van der Waals surface area contributed by atoms with E-state index in [0.29, 0.717) is 34.9 Å². The maximum absolute atomic E-state index is 14.6. The van der Waals surface area contributed by atoms with Gasteiger partial charge >= 0.3 is 6.18 Å². The highest BCUT2D eigenvalue weighted by Gasteiger charge is 2.35. The van der Waals surface area contributed by atoms with Gasteiger partial charge in [-0.3, -0.25) is 9.88 Å². The van der Waals surface area contributed by atoms with Crippen molar-refractivity contribution in [2.24, 2.45) is 11.1 Å². The van der Waals surface area contributed by atoms with Gasteiger partial charge in [0.15, 0.2) is 0 Å². The van der Waals surface area contributed by atoms with Crippen LogP contribution in [-0.2, 0) is 19.4 Å². The Morgan fingerprint density at radius 2 is 1.70 bits per heavy atom. The predicted molar refractivity (Wildman–Crippen MR) is 213 cm³/mol. The summed E-state index contributed by atoms with van der Waals surface area (Å²) in [6, 6.07) is 16.9. The Morgan fingerprint density at radius 3 is 2.38 bits per heavy atom. The fraction of sp³-hybridized carbons (Fsp3) is 0.512. The molecule has 7 nitrogen and oxygen atoms in total. The number of hydrazine groups is 1. The summed E-state index contributed by atoms with van der Waals surface area (Å²) in [5.41, 5.74) is 20.0. The second-order valence-corrected chi connectivity index (χ2v) is 16.3. The molecule has 10 heteroatoms. The molecule has 0 spiro atoms. The van der Waals surface area contributed by atoms with Crippen LogP contribution in [0.3, 0.4) is 0 Å². The van der Waals surface area contributed by atoms with Crippen LogP contribution in [0.5, 0.6) is 0 Å². The molecule has 4 N–H and O–H groups in total. The van der Waals surface area contributed by atoms with Gasteiger partial charge in [-0.2, -0.15) is 13.2 Å². The van der Waals surface area contributed by atoms with Gasteiger partial charge in [-0.1, -0.05) is 70.5 Å². The summed E-state index contributed by atoms with van der Waals surface area (Å²) in [4.78, 5) is 9.77. The third kappa shape index (κ3) is 10.0. The Bertz CT molecular complexity index is 1840. The number of nitrogens with zero attached hydrogens (tertiary/aromatic N) is 4. The molecule has 0 amide bonds. The summed E-state index contributed by atoms with van der Waals surface area (Å²) in [6.45, 7) is 15.4. The van der Waals surface area contributed by atoms with Crippen LogP contribution in [0.2, 0.25) is 0 Å². The lowest BCUT2D eigenvalue weighted by atomic mass is 9.85. The minimum atomic E-state index is -4.43. The highest BCUT2D eigenvalue weighted by molar-refractivity contribution is 5.95. The van der Waals surface area contributed by atoms with E-state index in [-0.39, 0.29) is 5.41 Å². The summed E-state index contributed by atoms with van der Waals surface area (Å²) < 4.78 is 45.2. The van der Waals surface area contributed by atoms with Crippen molar-refractivity contribution < 1.29 is 13.2 Å². The molecule has 2 fully saturated rings. The first-order chi connectivity index (χ1) is 25.3. The Labute approximate surface area is 313 Å². The molecule has 6 rings (SSSR count). The van der Waals surface area contributed by atoms with Gasteiger partial charge in [-0.25, -0.2) is 5.43 Å². The van der Waals surface area contributed by atoms with Crippen LogP contribution >= 0.6 is 0 Å². The molecule has 1 unspecified atom stereocenters. The van der Waals surface area contributed by atoms with Crippen molar-refractivity contribution in [2.45, 2.75) is 104 Å². The summed E-state index contributed by atoms with van der Waals surface area (Å²) >= 11 is 0. The number of aryl methyl sites for hydroxylation is 1. The van der Waals surface area contributed by atoms with Crippen LogP contribution in [0.1, 0.15) is 89.1 Å². The molecule has 4 aromatic rings. The molecule has 286 valence electrons. The summed E-state index contributed by atoms with van der Waals surface area (Å²) in [7, 11) is 0. The van der Waals surface area contributed by atoms with Crippen LogP contribution < -0.4 is 21.5 Å². The maximum atomic E-state index is 14.6. The van der Waals surface area contributed by atoms with E-state index in [0.717, 1.165) is 92.6 Å². The largest absolute Gasteiger partial charge is 0.406 e. The van der Waals surface area contributed by atoms with Crippen molar-refractivity contribution in [3.8, 4) is 22.4 Å². The van der Waals surface area contributed by atoms with E-state index in [2.05, 4.69) is 84.4 Å². The number of alkyl halides is 3. The summed E-state index contributed by atoms with van der Waals surface area (Å²) in [5.74, 6) is 0. The first kappa shape index (κ1) is 38.9. The third-order valence-electron chi connectivity index (χ3n) is 10.5. The van der Waals surface area contributed by atoms with E-state index in [9.17, 15) is 13.2 Å². The van der Waals surface area contributed by atoms with Gasteiger partial charge in [0, 0.05) is 67.5 Å². The van der Waals surface area contributed by atoms with Crippen molar-refractivity contribution in [1.29, 1.82) is 0 Å². The standard InChI is InChI=1S/C43H58F3N7/c1-6-49-50-19-10-8-7-9-12-31-13-11-14-32(24-31)33-15-18-39-36(25-33)38(27-42(3,4)5)41(53(39)29-43(44,45)46)37-26-35(28-48-40(37)30(2)47)52-22-20-51(21-23-52)34-16-17-34/h6,11,13-15,18,24-26,28,30,34,49-50H,1,7-10,12,16-17,19-23,27,29,47H2,2-5H3. The molecule has 1 saturated carbocycles. The number of fused-ring (bicyclic) bond motifs is 1. The first-order valence-electron chi connectivity index (χ1n) is 19.5. The zero-order chi connectivity index (χ0) is 37.8. The monoisotopic (exact) mass is 729 g/mol. The number of unbranched alkanes of at least 4 members (excludes halogenated alkanes) is 3. The van der Waals surface area contributed by atoms with Gasteiger partial charge in [0.25, 0.3) is 0 Å². The molecule has 2 aromatic carbocycles. The van der Waals surface area contributed by atoms with Crippen LogP contribution in [-0.4, -0.2) is 59.4 Å². The highest BCUT2D eigenvalue weighted by Crippen LogP contribution is 2.43. The zero-order valence-electron chi connectivity index (χ0n) is 32.0. The molecule has 0 radical (unpaired) electrons. The lowest BCUT2D eigenvalue weighted by molar-refractivity contribution is -0.139. The molecule has 2 aromatic heterocycles. The molecule has 1 aliphatic heterocycles. The number of piperazine rings is 1. The van der Waals surface area contributed by atoms with E-state index in [1.807, 2.05) is 25.3 Å². The van der Waals surface area contributed by atoms with Gasteiger partial charge in [0.1, 0.15) is 6.54 Å². The Morgan fingerprint density at radius 1 is 0.962 bits per heavy atom. The molecule has 1 atom stereocenters. The summed E-state index contributed by atoms with van der Waals surface area (Å²) in [5, 5.41) is 0.848. The van der Waals surface area contributed by atoms with Gasteiger partial charge in [0.05, 0.1) is 23.3 Å². The lowest BCUT2D eigenvalue weighted by Crippen LogP contribution is -2.47. The van der Waals surface area contributed by atoms with Crippen LogP contribution in [0.4, 0.5) is 18.9 Å². The van der Waals surface area contributed by atoms with Crippen molar-refractivity contribution in [2.75, 3.05) is 37.6 Å². The molecular formula is C43H58F3N7. The van der Waals surface area contributed by atoms with Gasteiger partial charge in [-0.05, 0) is 91.3 Å². The smallest absolute Gasteiger partial charge is 0.368 e. The van der Waals surface area contributed by atoms with E-state index in [1.165, 1.54) is 23.0 Å². The number of nitrogens with one attached hydrogen (secondary N) is 2. The Balaban J connectivity index is 1.39. The molecular weight excluding hydrogens is 672 g/mol. The van der Waals surface area contributed by atoms with Crippen molar-refractivity contribution in [3.05, 3.63) is 84.3 Å². The van der Waals surface area contributed by atoms with Crippen molar-refractivity contribution in [1.82, 2.24) is 25.3 Å². The second kappa shape index (κ2) is 16.7. The Kier molecular flexibility index (Phi) is 12.2. The van der Waals surface area contributed by atoms with Crippen LogP contribution in [0, 0.1) is 5.41 Å². The molecule has 2 aliphatic rings. The summed E-state index contributed by atoms with van der Waals surface area (Å²) in [6.07, 6.45) is 7.68. The van der Waals surface area contributed by atoms with Gasteiger partial charge < -0.3 is 20.6 Å². The molecule has 0 bridgehead atoms. The third-order valence-corrected chi connectivity index (χ3v) is 10.5. The fourth-order valence-corrected chi connectivity index (χ4v) is 7.89. The Hall–Kier alpha value is -3.86. The number of hydrogen-bond donors (Lipinski definition) is 3. The number of halogens is 3.